The van der Waals surface area contributed by atoms with Crippen LogP contribution in [0.5, 0.6) is 0 Å². The van der Waals surface area contributed by atoms with Crippen LogP contribution in [-0.4, -0.2) is 53.2 Å². The van der Waals surface area contributed by atoms with Gasteiger partial charge in [0.15, 0.2) is 6.61 Å². The monoisotopic (exact) mass is 536 g/mol. The van der Waals surface area contributed by atoms with Crippen LogP contribution in [0.4, 0.5) is 8.78 Å². The fraction of sp³-hybridized carbons (Fsp3) is 0.962. The molecule has 4 rings (SSSR count). The molecular formula is C26H42F2O7S. The number of hydrogen-bond donors (Lipinski definition) is 3. The number of carbonyl (C=O) groups is 1. The highest BCUT2D eigenvalue weighted by atomic mass is 32.2. The van der Waals surface area contributed by atoms with E-state index in [1.165, 1.54) is 0 Å². The van der Waals surface area contributed by atoms with Gasteiger partial charge in [0, 0.05) is 6.42 Å². The zero-order valence-corrected chi connectivity index (χ0v) is 22.4. The van der Waals surface area contributed by atoms with Crippen molar-refractivity contribution in [2.75, 3.05) is 6.61 Å². The SMILES string of the molecule is C[C@H](CCC(=O)OCC(F)(F)S(=O)(=O)O)[C@H]1CC[C@H]2[C@@H]3[C@@H](O)C[C@@H]4C[C@H](O)CC[C@]4(C)[C@H]3CC[C@]12C. The van der Waals surface area contributed by atoms with Crippen molar-refractivity contribution in [1.29, 1.82) is 0 Å². The second-order valence-corrected chi connectivity index (χ2v) is 14.3. The van der Waals surface area contributed by atoms with Crippen LogP contribution < -0.4 is 0 Å². The number of hydrogen-bond acceptors (Lipinski definition) is 6. The number of carbonyl (C=O) groups excluding carboxylic acids is 1. The number of rotatable bonds is 7. The Kier molecular flexibility index (Phi) is 7.61. The molecule has 0 amide bonds. The first-order chi connectivity index (χ1) is 16.6. The van der Waals surface area contributed by atoms with E-state index in [4.69, 9.17) is 4.55 Å². The molecular weight excluding hydrogens is 494 g/mol. The lowest BCUT2D eigenvalue weighted by Crippen LogP contribution is -2.58. The third-order valence-electron chi connectivity index (χ3n) is 11.0. The highest BCUT2D eigenvalue weighted by Gasteiger charge is 2.62. The third kappa shape index (κ3) is 4.84. The molecule has 0 bridgehead atoms. The molecule has 208 valence electrons. The second-order valence-electron chi connectivity index (χ2n) is 12.7. The maximum atomic E-state index is 13.3. The number of fused-ring (bicyclic) bond motifs is 5. The molecule has 0 aliphatic heterocycles. The quantitative estimate of drug-likeness (QED) is 0.325. The lowest BCUT2D eigenvalue weighted by atomic mass is 9.43. The Bertz CT molecular complexity index is 943. The van der Waals surface area contributed by atoms with Gasteiger partial charge in [0.2, 0.25) is 0 Å². The van der Waals surface area contributed by atoms with Gasteiger partial charge in [-0.25, -0.2) is 0 Å². The molecule has 4 aliphatic rings. The Morgan fingerprint density at radius 1 is 1.06 bits per heavy atom. The Hall–Kier alpha value is -0.840. The molecule has 3 N–H and O–H groups in total. The van der Waals surface area contributed by atoms with Crippen molar-refractivity contribution < 1.29 is 41.5 Å². The van der Waals surface area contributed by atoms with E-state index in [-0.39, 0.29) is 41.3 Å². The van der Waals surface area contributed by atoms with Crippen LogP contribution in [0, 0.1) is 46.3 Å². The van der Waals surface area contributed by atoms with Crippen molar-refractivity contribution in [3.05, 3.63) is 0 Å². The van der Waals surface area contributed by atoms with Crippen molar-refractivity contribution >= 4 is 16.1 Å². The summed E-state index contributed by atoms with van der Waals surface area (Å²) in [5, 5.41) is 17.0. The molecule has 10 atom stereocenters. The van der Waals surface area contributed by atoms with E-state index in [2.05, 4.69) is 25.5 Å². The molecule has 36 heavy (non-hydrogen) atoms. The molecule has 4 fully saturated rings. The van der Waals surface area contributed by atoms with E-state index in [1.807, 2.05) is 0 Å². The van der Waals surface area contributed by atoms with Gasteiger partial charge in [-0.15, -0.1) is 0 Å². The van der Waals surface area contributed by atoms with Gasteiger partial charge in [0.1, 0.15) is 0 Å². The summed E-state index contributed by atoms with van der Waals surface area (Å²) in [4.78, 5) is 12.0. The number of alkyl halides is 2. The summed E-state index contributed by atoms with van der Waals surface area (Å²) in [5.41, 5.74) is 0.183. The molecule has 4 saturated carbocycles. The smallest absolute Gasteiger partial charge is 0.402 e. The second kappa shape index (κ2) is 9.72. The number of ether oxygens (including phenoxy) is 1. The number of aliphatic hydroxyl groups is 2. The van der Waals surface area contributed by atoms with Gasteiger partial charge in [-0.1, -0.05) is 20.8 Å². The van der Waals surface area contributed by atoms with Crippen molar-refractivity contribution in [2.45, 2.75) is 102 Å². The molecule has 0 aromatic rings. The summed E-state index contributed by atoms with van der Waals surface area (Å²) >= 11 is 0. The zero-order valence-electron chi connectivity index (χ0n) is 21.5. The molecule has 0 unspecified atom stereocenters. The topological polar surface area (TPSA) is 121 Å². The average molecular weight is 537 g/mol. The van der Waals surface area contributed by atoms with Crippen LogP contribution >= 0.6 is 0 Å². The summed E-state index contributed by atoms with van der Waals surface area (Å²) in [6.45, 7) is 5.07. The van der Waals surface area contributed by atoms with Gasteiger partial charge < -0.3 is 14.9 Å². The average Bonchev–Trinajstić information content (AvgIpc) is 3.13. The number of halogens is 2. The van der Waals surface area contributed by atoms with Crippen molar-refractivity contribution in [3.63, 3.8) is 0 Å². The van der Waals surface area contributed by atoms with Crippen LogP contribution in [0.15, 0.2) is 0 Å². The minimum atomic E-state index is -5.64. The highest BCUT2D eigenvalue weighted by molar-refractivity contribution is 7.86. The molecule has 10 heteroatoms. The van der Waals surface area contributed by atoms with E-state index in [0.717, 1.165) is 51.4 Å². The summed E-state index contributed by atoms with van der Waals surface area (Å²) < 4.78 is 61.1. The normalized spacial score (nSPS) is 43.7. The molecule has 4 aliphatic carbocycles. The first kappa shape index (κ1) is 28.2. The summed E-state index contributed by atoms with van der Waals surface area (Å²) in [6.07, 6.45) is 7.21. The third-order valence-corrected chi connectivity index (χ3v) is 11.9. The van der Waals surface area contributed by atoms with E-state index in [0.29, 0.717) is 30.1 Å². The minimum Gasteiger partial charge on any atom is -0.458 e. The Morgan fingerprint density at radius 3 is 2.36 bits per heavy atom. The van der Waals surface area contributed by atoms with Crippen LogP contribution in [0.3, 0.4) is 0 Å². The molecule has 0 spiro atoms. The van der Waals surface area contributed by atoms with Gasteiger partial charge in [0.05, 0.1) is 12.2 Å². The molecule has 0 aromatic heterocycles. The Morgan fingerprint density at radius 2 is 1.69 bits per heavy atom. The van der Waals surface area contributed by atoms with E-state index < -0.39 is 27.9 Å². The van der Waals surface area contributed by atoms with Gasteiger partial charge in [-0.2, -0.15) is 17.2 Å². The number of esters is 1. The molecule has 0 aromatic carbocycles. The molecule has 0 heterocycles. The Labute approximate surface area is 213 Å². The first-order valence-electron chi connectivity index (χ1n) is 13.5. The zero-order chi connectivity index (χ0) is 26.7. The molecule has 0 saturated heterocycles. The van der Waals surface area contributed by atoms with Gasteiger partial charge in [-0.3, -0.25) is 9.35 Å². The number of aliphatic hydroxyl groups excluding tert-OH is 2. The summed E-state index contributed by atoms with van der Waals surface area (Å²) in [6, 6.07) is 0. The van der Waals surface area contributed by atoms with Gasteiger partial charge in [0.25, 0.3) is 0 Å². The fourth-order valence-corrected chi connectivity index (χ4v) is 9.24. The highest BCUT2D eigenvalue weighted by Crippen LogP contribution is 2.68. The standard InChI is InChI=1S/C26H42F2O7S/c1-15(4-7-22(31)35-14-26(27,28)36(32,33)34)18-5-6-19-23-20(9-11-25(18,19)3)24(2)10-8-17(29)12-16(24)13-21(23)30/h15-21,23,29-30H,4-14H2,1-3H3,(H,32,33,34)/t15-,16+,17-,18-,19+,20+,21+,23+,24+,25-/m1/s1. The fourth-order valence-electron chi connectivity index (χ4n) is 9.03. The van der Waals surface area contributed by atoms with E-state index >= 15 is 0 Å². The summed E-state index contributed by atoms with van der Waals surface area (Å²) in [7, 11) is -5.64. The van der Waals surface area contributed by atoms with E-state index in [1.54, 1.807) is 0 Å². The maximum absolute atomic E-state index is 13.3. The van der Waals surface area contributed by atoms with Gasteiger partial charge >= 0.3 is 21.3 Å². The van der Waals surface area contributed by atoms with Crippen molar-refractivity contribution in [3.8, 4) is 0 Å². The van der Waals surface area contributed by atoms with Crippen molar-refractivity contribution in [1.82, 2.24) is 0 Å². The van der Waals surface area contributed by atoms with Crippen LogP contribution in [0.1, 0.15) is 85.0 Å². The lowest BCUT2D eigenvalue weighted by molar-refractivity contribution is -0.174. The first-order valence-corrected chi connectivity index (χ1v) is 14.9. The lowest BCUT2D eigenvalue weighted by Gasteiger charge is -2.62. The van der Waals surface area contributed by atoms with E-state index in [9.17, 15) is 32.2 Å². The van der Waals surface area contributed by atoms with Crippen molar-refractivity contribution in [2.24, 2.45) is 46.3 Å². The largest absolute Gasteiger partial charge is 0.458 e. The Balaban J connectivity index is 1.38. The molecule has 0 radical (unpaired) electrons. The summed E-state index contributed by atoms with van der Waals surface area (Å²) in [5.74, 6) is 1.01. The predicted octanol–water partition coefficient (Wildman–Crippen LogP) is 4.42. The molecule has 7 nitrogen and oxygen atoms in total. The predicted molar refractivity (Wildman–Crippen MR) is 128 cm³/mol. The minimum absolute atomic E-state index is 0.0286. The van der Waals surface area contributed by atoms with Crippen LogP contribution in [-0.2, 0) is 19.6 Å². The van der Waals surface area contributed by atoms with Crippen LogP contribution in [0.2, 0.25) is 0 Å². The van der Waals surface area contributed by atoms with Gasteiger partial charge in [-0.05, 0) is 104 Å². The maximum Gasteiger partial charge on any atom is 0.402 e. The van der Waals surface area contributed by atoms with Crippen LogP contribution in [0.25, 0.3) is 0 Å².